The number of rotatable bonds is 2. The molecule has 10 heavy (non-hydrogen) atoms. The molecule has 0 unspecified atom stereocenters. The van der Waals surface area contributed by atoms with Gasteiger partial charge in [0, 0.05) is 0 Å². The molecule has 0 atom stereocenters. The van der Waals surface area contributed by atoms with Crippen molar-refractivity contribution in [2.75, 3.05) is 0 Å². The Bertz CT molecular complexity index is 187. The van der Waals surface area contributed by atoms with Gasteiger partial charge < -0.3 is 0 Å². The largest absolute Gasteiger partial charge is 0.204 e. The summed E-state index contributed by atoms with van der Waals surface area (Å²) in [5, 5.41) is 0. The molecule has 56 valence electrons. The third kappa shape index (κ3) is 2.13. The Morgan fingerprint density at radius 1 is 1.40 bits per heavy atom. The summed E-state index contributed by atoms with van der Waals surface area (Å²) in [6, 6.07) is 0. The highest BCUT2D eigenvalue weighted by Crippen LogP contribution is 2.16. The summed E-state index contributed by atoms with van der Waals surface area (Å²) in [5.74, 6) is -1.74. The van der Waals surface area contributed by atoms with Gasteiger partial charge in [0.1, 0.15) is 0 Å². The third-order valence-electron chi connectivity index (χ3n) is 1.17. The van der Waals surface area contributed by atoms with Crippen LogP contribution in [0.2, 0.25) is 0 Å². The van der Waals surface area contributed by atoms with E-state index in [1.807, 2.05) is 0 Å². The van der Waals surface area contributed by atoms with Crippen LogP contribution in [-0.4, -0.2) is 0 Å². The van der Waals surface area contributed by atoms with Crippen LogP contribution in [0.3, 0.4) is 0 Å². The quantitative estimate of drug-likeness (QED) is 0.521. The molecule has 0 N–H and O–H groups in total. The first-order valence-corrected chi connectivity index (χ1v) is 2.94. The fourth-order valence-electron chi connectivity index (χ4n) is 0.405. The van der Waals surface area contributed by atoms with E-state index in [0.29, 0.717) is 0 Å². The summed E-state index contributed by atoms with van der Waals surface area (Å²) in [7, 11) is 0. The minimum Gasteiger partial charge on any atom is -0.204 e. The molecule has 0 aliphatic rings. The van der Waals surface area contributed by atoms with Crippen molar-refractivity contribution < 1.29 is 8.78 Å². The second-order valence-electron chi connectivity index (χ2n) is 1.84. The van der Waals surface area contributed by atoms with Gasteiger partial charge in [-0.3, -0.25) is 0 Å². The first-order valence-electron chi connectivity index (χ1n) is 2.94. The molecule has 0 aliphatic carbocycles. The van der Waals surface area contributed by atoms with Crippen LogP contribution in [0, 0.1) is 0 Å². The second-order valence-corrected chi connectivity index (χ2v) is 1.84. The average molecular weight is 144 g/mol. The van der Waals surface area contributed by atoms with E-state index in [4.69, 9.17) is 0 Å². The molecular weight excluding hydrogens is 134 g/mol. The average Bonchev–Trinajstić information content (AvgIpc) is 2.00. The minimum atomic E-state index is -0.907. The highest BCUT2D eigenvalue weighted by molar-refractivity contribution is 5.29. The van der Waals surface area contributed by atoms with Crippen molar-refractivity contribution in [3.63, 3.8) is 0 Å². The molecule has 0 bridgehead atoms. The Balaban J connectivity index is 4.63. The van der Waals surface area contributed by atoms with Gasteiger partial charge in [-0.05, 0) is 25.5 Å². The zero-order valence-electron chi connectivity index (χ0n) is 6.12. The predicted octanol–water partition coefficient (Wildman–Crippen LogP) is 3.29. The lowest BCUT2D eigenvalue weighted by atomic mass is 10.2. The molecule has 0 heterocycles. The van der Waals surface area contributed by atoms with Crippen LogP contribution in [0.15, 0.2) is 36.0 Å². The van der Waals surface area contributed by atoms with E-state index in [1.54, 1.807) is 6.92 Å². The summed E-state index contributed by atoms with van der Waals surface area (Å²) in [4.78, 5) is 0. The van der Waals surface area contributed by atoms with Gasteiger partial charge in [-0.2, -0.15) is 0 Å². The molecule has 2 heteroatoms. The highest BCUT2D eigenvalue weighted by Gasteiger charge is 2.02. The van der Waals surface area contributed by atoms with Crippen LogP contribution >= 0.6 is 0 Å². The van der Waals surface area contributed by atoms with Crippen LogP contribution < -0.4 is 0 Å². The lowest BCUT2D eigenvalue weighted by Gasteiger charge is -1.94. The van der Waals surface area contributed by atoms with Gasteiger partial charge in [-0.1, -0.05) is 12.7 Å². The summed E-state index contributed by atoms with van der Waals surface area (Å²) in [6.45, 7) is 6.24. The van der Waals surface area contributed by atoms with Crippen LogP contribution in [0.5, 0.6) is 0 Å². The first kappa shape index (κ1) is 9.08. The van der Waals surface area contributed by atoms with E-state index in [1.165, 1.54) is 13.0 Å². The molecule has 0 rings (SSSR count). The van der Waals surface area contributed by atoms with Gasteiger partial charge in [0.25, 0.3) is 0 Å². The molecule has 0 amide bonds. The van der Waals surface area contributed by atoms with Gasteiger partial charge in [0.15, 0.2) is 11.7 Å². The van der Waals surface area contributed by atoms with Crippen molar-refractivity contribution >= 4 is 0 Å². The topological polar surface area (TPSA) is 0 Å². The normalized spacial score (nSPS) is 14.6. The number of halogens is 2. The van der Waals surface area contributed by atoms with Gasteiger partial charge in [0.05, 0.1) is 0 Å². The van der Waals surface area contributed by atoms with E-state index in [9.17, 15) is 8.78 Å². The standard InChI is InChI=1S/C8H10F2/c1-4-6(3)8(10)7(9)5-2/h4-5H,2H2,1,3H3/b6-4-,8-7-. The van der Waals surface area contributed by atoms with Gasteiger partial charge in [-0.25, -0.2) is 8.78 Å². The summed E-state index contributed by atoms with van der Waals surface area (Å²) < 4.78 is 24.9. The number of hydrogen-bond donors (Lipinski definition) is 0. The fourth-order valence-corrected chi connectivity index (χ4v) is 0.405. The van der Waals surface area contributed by atoms with Gasteiger partial charge in [-0.15, -0.1) is 0 Å². The smallest absolute Gasteiger partial charge is 0.161 e. The van der Waals surface area contributed by atoms with E-state index in [0.717, 1.165) is 6.08 Å². The van der Waals surface area contributed by atoms with Crippen LogP contribution in [0.1, 0.15) is 13.8 Å². The predicted molar refractivity (Wildman–Crippen MR) is 38.9 cm³/mol. The Hall–Kier alpha value is -0.920. The van der Waals surface area contributed by atoms with Crippen LogP contribution in [0.25, 0.3) is 0 Å². The second kappa shape index (κ2) is 3.99. The maximum Gasteiger partial charge on any atom is 0.161 e. The Labute approximate surface area is 59.6 Å². The summed E-state index contributed by atoms with van der Waals surface area (Å²) in [5.41, 5.74) is 0.289. The zero-order chi connectivity index (χ0) is 8.15. The Kier molecular flexibility index (Phi) is 3.62. The molecule has 0 saturated carbocycles. The Morgan fingerprint density at radius 3 is 2.20 bits per heavy atom. The number of hydrogen-bond acceptors (Lipinski definition) is 0. The van der Waals surface area contributed by atoms with Crippen molar-refractivity contribution in [2.45, 2.75) is 13.8 Å². The summed E-state index contributed by atoms with van der Waals surface area (Å²) >= 11 is 0. The van der Waals surface area contributed by atoms with Crippen molar-refractivity contribution in [3.8, 4) is 0 Å². The third-order valence-corrected chi connectivity index (χ3v) is 1.17. The molecule has 0 spiro atoms. The Morgan fingerprint density at radius 2 is 1.90 bits per heavy atom. The molecule has 0 radical (unpaired) electrons. The molecule has 0 nitrogen and oxygen atoms in total. The van der Waals surface area contributed by atoms with Crippen LogP contribution in [-0.2, 0) is 0 Å². The molecule has 0 aromatic carbocycles. The van der Waals surface area contributed by atoms with E-state index < -0.39 is 11.7 Å². The van der Waals surface area contributed by atoms with Crippen molar-refractivity contribution in [1.29, 1.82) is 0 Å². The van der Waals surface area contributed by atoms with Gasteiger partial charge in [0.2, 0.25) is 0 Å². The molecular formula is C8H10F2. The highest BCUT2D eigenvalue weighted by atomic mass is 19.2. The minimum absolute atomic E-state index is 0.289. The van der Waals surface area contributed by atoms with E-state index in [-0.39, 0.29) is 5.57 Å². The lowest BCUT2D eigenvalue weighted by molar-refractivity contribution is 0.564. The lowest BCUT2D eigenvalue weighted by Crippen LogP contribution is -1.79. The zero-order valence-corrected chi connectivity index (χ0v) is 6.12. The maximum atomic E-state index is 12.6. The van der Waals surface area contributed by atoms with Crippen molar-refractivity contribution in [1.82, 2.24) is 0 Å². The molecule has 0 aliphatic heterocycles. The maximum absolute atomic E-state index is 12.6. The van der Waals surface area contributed by atoms with E-state index in [2.05, 4.69) is 6.58 Å². The summed E-state index contributed by atoms with van der Waals surface area (Å²) in [6.07, 6.45) is 2.35. The first-order chi connectivity index (χ1) is 4.63. The van der Waals surface area contributed by atoms with E-state index >= 15 is 0 Å². The molecule has 0 fully saturated rings. The molecule has 0 aromatic rings. The van der Waals surface area contributed by atoms with Crippen molar-refractivity contribution in [3.05, 3.63) is 36.0 Å². The molecule has 0 aromatic heterocycles. The van der Waals surface area contributed by atoms with Crippen molar-refractivity contribution in [2.24, 2.45) is 0 Å². The SMILES string of the molecule is C=C/C(F)=C(F)\C(C)=C/C. The van der Waals surface area contributed by atoms with Gasteiger partial charge >= 0.3 is 0 Å². The molecule has 0 saturated heterocycles. The fraction of sp³-hybridized carbons (Fsp3) is 0.250. The van der Waals surface area contributed by atoms with Crippen LogP contribution in [0.4, 0.5) is 8.78 Å². The monoisotopic (exact) mass is 144 g/mol. The number of allylic oxidation sites excluding steroid dienone is 5.